The molecule has 0 spiro atoms. The van der Waals surface area contributed by atoms with Crippen molar-refractivity contribution in [3.63, 3.8) is 0 Å². The molecule has 1 aromatic rings. The largest absolute Gasteiger partial charge is 0.329 e. The SMILES string of the molecule is CC(Br)c1ccc(CP(=O)(O)O)cc1. The van der Waals surface area contributed by atoms with Crippen molar-refractivity contribution in [3.8, 4) is 0 Å². The third kappa shape index (κ3) is 3.93. The molecule has 0 heterocycles. The van der Waals surface area contributed by atoms with Crippen molar-refractivity contribution in [3.05, 3.63) is 35.4 Å². The normalized spacial score (nSPS) is 14.0. The molecule has 0 aliphatic rings. The Hall–Kier alpha value is -0.150. The van der Waals surface area contributed by atoms with Crippen LogP contribution >= 0.6 is 23.5 Å². The summed E-state index contributed by atoms with van der Waals surface area (Å²) in [6.45, 7) is 2.00. The smallest absolute Gasteiger partial charge is 0.324 e. The predicted molar refractivity (Wildman–Crippen MR) is 59.5 cm³/mol. The third-order valence-corrected chi connectivity index (χ3v) is 3.13. The van der Waals surface area contributed by atoms with Gasteiger partial charge in [0.25, 0.3) is 0 Å². The van der Waals surface area contributed by atoms with E-state index in [1.165, 1.54) is 0 Å². The van der Waals surface area contributed by atoms with Gasteiger partial charge in [0.05, 0.1) is 6.16 Å². The number of halogens is 1. The van der Waals surface area contributed by atoms with E-state index in [0.717, 1.165) is 5.56 Å². The summed E-state index contributed by atoms with van der Waals surface area (Å²) in [4.78, 5) is 17.8. The van der Waals surface area contributed by atoms with Gasteiger partial charge in [-0.15, -0.1) is 0 Å². The van der Waals surface area contributed by atoms with Crippen molar-refractivity contribution in [2.75, 3.05) is 0 Å². The standard InChI is InChI=1S/C9H12BrO3P/c1-7(10)9-4-2-8(3-5-9)6-14(11,12)13/h2-5,7H,6H2,1H3,(H2,11,12,13). The van der Waals surface area contributed by atoms with Gasteiger partial charge >= 0.3 is 7.60 Å². The van der Waals surface area contributed by atoms with Crippen molar-refractivity contribution < 1.29 is 14.4 Å². The second kappa shape index (κ2) is 4.58. The first kappa shape index (κ1) is 11.9. The van der Waals surface area contributed by atoms with Crippen molar-refractivity contribution in [1.82, 2.24) is 0 Å². The number of rotatable bonds is 3. The molecule has 0 fully saturated rings. The van der Waals surface area contributed by atoms with Crippen LogP contribution in [0, 0.1) is 0 Å². The highest BCUT2D eigenvalue weighted by atomic mass is 79.9. The molecule has 1 aromatic carbocycles. The lowest BCUT2D eigenvalue weighted by Gasteiger charge is -2.06. The Morgan fingerprint density at radius 1 is 1.36 bits per heavy atom. The van der Waals surface area contributed by atoms with Crippen molar-refractivity contribution in [2.45, 2.75) is 17.9 Å². The molecule has 2 N–H and O–H groups in total. The maximum Gasteiger partial charge on any atom is 0.329 e. The van der Waals surface area contributed by atoms with E-state index in [1.807, 2.05) is 19.1 Å². The van der Waals surface area contributed by atoms with Crippen LogP contribution in [0.25, 0.3) is 0 Å². The first-order valence-electron chi connectivity index (χ1n) is 4.16. The molecule has 5 heteroatoms. The Balaban J connectivity index is 2.79. The minimum Gasteiger partial charge on any atom is -0.324 e. The zero-order valence-electron chi connectivity index (χ0n) is 7.72. The molecule has 0 aliphatic carbocycles. The van der Waals surface area contributed by atoms with E-state index in [-0.39, 0.29) is 11.0 Å². The Bertz CT molecular complexity index is 342. The highest BCUT2D eigenvalue weighted by molar-refractivity contribution is 9.09. The molecule has 0 radical (unpaired) electrons. The molecule has 1 unspecified atom stereocenters. The Morgan fingerprint density at radius 2 is 1.86 bits per heavy atom. The highest BCUT2D eigenvalue weighted by Crippen LogP contribution is 2.39. The summed E-state index contributed by atoms with van der Waals surface area (Å²) < 4.78 is 10.7. The molecular formula is C9H12BrO3P. The number of hydrogen-bond donors (Lipinski definition) is 2. The second-order valence-electron chi connectivity index (χ2n) is 3.18. The molecule has 1 atom stereocenters. The van der Waals surface area contributed by atoms with E-state index in [1.54, 1.807) is 12.1 Å². The summed E-state index contributed by atoms with van der Waals surface area (Å²) in [6, 6.07) is 7.22. The Morgan fingerprint density at radius 3 is 2.21 bits per heavy atom. The first-order valence-corrected chi connectivity index (χ1v) is 6.87. The Kier molecular flexibility index (Phi) is 3.90. The number of alkyl halides is 1. The van der Waals surface area contributed by atoms with E-state index < -0.39 is 7.60 Å². The van der Waals surface area contributed by atoms with E-state index in [2.05, 4.69) is 15.9 Å². The summed E-state index contributed by atoms with van der Waals surface area (Å²) in [6.07, 6.45) is -0.191. The zero-order valence-corrected chi connectivity index (χ0v) is 10.2. The van der Waals surface area contributed by atoms with Crippen molar-refractivity contribution in [2.24, 2.45) is 0 Å². The lowest BCUT2D eigenvalue weighted by atomic mass is 10.1. The fourth-order valence-corrected chi connectivity index (χ4v) is 2.12. The van der Waals surface area contributed by atoms with Gasteiger partial charge in [-0.2, -0.15) is 0 Å². The van der Waals surface area contributed by atoms with Crippen LogP contribution in [0.1, 0.15) is 22.9 Å². The molecule has 14 heavy (non-hydrogen) atoms. The van der Waals surface area contributed by atoms with E-state index in [9.17, 15) is 4.57 Å². The summed E-state index contributed by atoms with van der Waals surface area (Å²) >= 11 is 3.41. The van der Waals surface area contributed by atoms with Gasteiger partial charge in [0.15, 0.2) is 0 Å². The van der Waals surface area contributed by atoms with Crippen LogP contribution in [-0.4, -0.2) is 9.79 Å². The van der Waals surface area contributed by atoms with Gasteiger partial charge in [-0.1, -0.05) is 40.2 Å². The molecule has 0 bridgehead atoms. The van der Waals surface area contributed by atoms with Gasteiger partial charge in [0, 0.05) is 4.83 Å². The van der Waals surface area contributed by atoms with Gasteiger partial charge in [-0.25, -0.2) is 0 Å². The molecule has 0 amide bonds. The van der Waals surface area contributed by atoms with Gasteiger partial charge in [0.2, 0.25) is 0 Å². The maximum absolute atomic E-state index is 10.7. The molecule has 0 saturated heterocycles. The average Bonchev–Trinajstić information content (AvgIpc) is 2.02. The molecule has 3 nitrogen and oxygen atoms in total. The van der Waals surface area contributed by atoms with Crippen LogP contribution in [0.4, 0.5) is 0 Å². The van der Waals surface area contributed by atoms with Crippen LogP contribution in [0.5, 0.6) is 0 Å². The van der Waals surface area contributed by atoms with Gasteiger partial charge in [-0.05, 0) is 18.1 Å². The number of hydrogen-bond acceptors (Lipinski definition) is 1. The van der Waals surface area contributed by atoms with Crippen LogP contribution in [-0.2, 0) is 10.7 Å². The minimum atomic E-state index is -3.94. The molecule has 1 rings (SSSR count). The first-order chi connectivity index (χ1) is 6.38. The summed E-state index contributed by atoms with van der Waals surface area (Å²) in [5.41, 5.74) is 1.76. The molecule has 0 aliphatic heterocycles. The van der Waals surface area contributed by atoms with E-state index in [0.29, 0.717) is 5.56 Å². The lowest BCUT2D eigenvalue weighted by molar-refractivity contribution is 0.371. The summed E-state index contributed by atoms with van der Waals surface area (Å²) in [7, 11) is -3.94. The van der Waals surface area contributed by atoms with Crippen LogP contribution in [0.15, 0.2) is 24.3 Å². The van der Waals surface area contributed by atoms with Gasteiger partial charge < -0.3 is 9.79 Å². The molecule has 0 aromatic heterocycles. The molecular weight excluding hydrogens is 267 g/mol. The maximum atomic E-state index is 10.7. The van der Waals surface area contributed by atoms with Gasteiger partial charge in [-0.3, -0.25) is 4.57 Å². The summed E-state index contributed by atoms with van der Waals surface area (Å²) in [5.74, 6) is 0. The quantitative estimate of drug-likeness (QED) is 0.660. The minimum absolute atomic E-state index is 0.191. The topological polar surface area (TPSA) is 57.5 Å². The van der Waals surface area contributed by atoms with Crippen LogP contribution in [0.3, 0.4) is 0 Å². The van der Waals surface area contributed by atoms with E-state index in [4.69, 9.17) is 9.79 Å². The van der Waals surface area contributed by atoms with Crippen molar-refractivity contribution in [1.29, 1.82) is 0 Å². The van der Waals surface area contributed by atoms with Crippen molar-refractivity contribution >= 4 is 23.5 Å². The lowest BCUT2D eigenvalue weighted by Crippen LogP contribution is -1.88. The second-order valence-corrected chi connectivity index (χ2v) is 6.20. The highest BCUT2D eigenvalue weighted by Gasteiger charge is 2.13. The molecule has 78 valence electrons. The predicted octanol–water partition coefficient (Wildman–Crippen LogP) is 2.82. The Labute approximate surface area is 91.4 Å². The van der Waals surface area contributed by atoms with Gasteiger partial charge in [0.1, 0.15) is 0 Å². The average molecular weight is 279 g/mol. The molecule has 0 saturated carbocycles. The fraction of sp³-hybridized carbons (Fsp3) is 0.333. The van der Waals surface area contributed by atoms with E-state index >= 15 is 0 Å². The van der Waals surface area contributed by atoms with Crippen LogP contribution in [0.2, 0.25) is 0 Å². The van der Waals surface area contributed by atoms with Crippen LogP contribution < -0.4 is 0 Å². The third-order valence-electron chi connectivity index (χ3n) is 1.83. The number of benzene rings is 1. The fourth-order valence-electron chi connectivity index (χ4n) is 1.13. The monoisotopic (exact) mass is 278 g/mol. The zero-order chi connectivity index (χ0) is 10.8. The summed E-state index contributed by atoms with van der Waals surface area (Å²) in [5, 5.41) is 0.